The summed E-state index contributed by atoms with van der Waals surface area (Å²) in [7, 11) is 2.47. The molecule has 0 saturated carbocycles. The van der Waals surface area contributed by atoms with Crippen molar-refractivity contribution >= 4 is 57.0 Å². The molecule has 10 heteroatoms. The van der Waals surface area contributed by atoms with Crippen LogP contribution in [0.5, 0.6) is 0 Å². The number of halogens is 3. The van der Waals surface area contributed by atoms with Gasteiger partial charge < -0.3 is 14.8 Å². The van der Waals surface area contributed by atoms with Crippen molar-refractivity contribution in [3.05, 3.63) is 0 Å². The third-order valence-electron chi connectivity index (χ3n) is 3.48. The Balaban J connectivity index is 5.49. The smallest absolute Gasteiger partial charge is 0.328 e. The molecule has 0 fully saturated rings. The fourth-order valence-electron chi connectivity index (χ4n) is 2.02. The van der Waals surface area contributed by atoms with Crippen molar-refractivity contribution in [2.24, 2.45) is 11.8 Å². The minimum absolute atomic E-state index is 0.201. The van der Waals surface area contributed by atoms with Gasteiger partial charge in [-0.05, 0) is 27.8 Å². The van der Waals surface area contributed by atoms with Crippen LogP contribution in [0, 0.1) is 11.8 Å². The topological polar surface area (TPSA) is 93.7 Å². The highest BCUT2D eigenvalue weighted by Crippen LogP contribution is 2.33. The van der Waals surface area contributed by atoms with E-state index in [2.05, 4.69) is 31.3 Å². The molecule has 2 N–H and O–H groups in total. The molecule has 0 aliphatic heterocycles. The monoisotopic (exact) mass is 462 g/mol. The zero-order chi connectivity index (χ0) is 19.9. The van der Waals surface area contributed by atoms with Gasteiger partial charge in [0.15, 0.2) is 3.24 Å². The number of rotatable bonds is 9. The fraction of sp³-hybridized carbons (Fsp3) is 0.800. The van der Waals surface area contributed by atoms with Crippen LogP contribution in [-0.4, -0.2) is 53.4 Å². The molecular formula is C15H25BrCl2N2O5. The standard InChI is InChI=1S/C15H25BrCl2N2O5/c1-7(2)9(13(22)24-5)19-11(15(16,17)18)12(21)20-10(8(3)4)14(23)25-6/h7-11,19H,1-6H3,(H,20,21). The molecule has 0 aromatic carbocycles. The van der Waals surface area contributed by atoms with Crippen molar-refractivity contribution in [1.82, 2.24) is 10.6 Å². The van der Waals surface area contributed by atoms with Gasteiger partial charge in [0.05, 0.1) is 14.2 Å². The number of carbonyl (C=O) groups is 3. The number of amides is 1. The zero-order valence-electron chi connectivity index (χ0n) is 15.1. The van der Waals surface area contributed by atoms with Crippen LogP contribution in [0.25, 0.3) is 0 Å². The van der Waals surface area contributed by atoms with Crippen molar-refractivity contribution in [3.63, 3.8) is 0 Å². The Bertz CT molecular complexity index is 483. The average Bonchev–Trinajstić information content (AvgIpc) is 2.49. The van der Waals surface area contributed by atoms with E-state index in [4.69, 9.17) is 27.9 Å². The number of alkyl halides is 3. The summed E-state index contributed by atoms with van der Waals surface area (Å²) in [5, 5.41) is 5.34. The molecule has 0 bridgehead atoms. The van der Waals surface area contributed by atoms with E-state index in [-0.39, 0.29) is 11.8 Å². The second-order valence-corrected chi connectivity index (χ2v) is 9.69. The molecule has 0 saturated heterocycles. The lowest BCUT2D eigenvalue weighted by Gasteiger charge is -2.31. The van der Waals surface area contributed by atoms with Gasteiger partial charge in [-0.2, -0.15) is 0 Å². The number of nitrogens with one attached hydrogen (secondary N) is 2. The van der Waals surface area contributed by atoms with Crippen LogP contribution >= 0.6 is 39.1 Å². The minimum atomic E-state index is -1.73. The lowest BCUT2D eigenvalue weighted by molar-refractivity contribution is -0.147. The van der Waals surface area contributed by atoms with E-state index in [0.717, 1.165) is 0 Å². The fourth-order valence-corrected chi connectivity index (χ4v) is 2.68. The molecule has 0 aliphatic rings. The molecule has 0 spiro atoms. The number of esters is 2. The zero-order valence-corrected chi connectivity index (χ0v) is 18.2. The molecule has 3 unspecified atom stereocenters. The average molecular weight is 464 g/mol. The van der Waals surface area contributed by atoms with Crippen LogP contribution in [0.2, 0.25) is 0 Å². The molecule has 0 aromatic rings. The second kappa shape index (κ2) is 10.5. The Morgan fingerprint density at radius 1 is 0.920 bits per heavy atom. The summed E-state index contributed by atoms with van der Waals surface area (Å²) in [5.74, 6) is -2.26. The Morgan fingerprint density at radius 2 is 1.32 bits per heavy atom. The molecule has 0 aliphatic carbocycles. The Labute approximate surface area is 166 Å². The molecule has 25 heavy (non-hydrogen) atoms. The van der Waals surface area contributed by atoms with E-state index in [1.165, 1.54) is 14.2 Å². The van der Waals surface area contributed by atoms with Gasteiger partial charge in [-0.3, -0.25) is 14.9 Å². The predicted octanol–water partition coefficient (Wildman–Crippen LogP) is 1.98. The van der Waals surface area contributed by atoms with Crippen LogP contribution in [-0.2, 0) is 23.9 Å². The van der Waals surface area contributed by atoms with E-state index in [0.29, 0.717) is 0 Å². The highest BCUT2D eigenvalue weighted by molar-refractivity contribution is 9.11. The van der Waals surface area contributed by atoms with Crippen LogP contribution in [0.4, 0.5) is 0 Å². The Kier molecular flexibility index (Phi) is 10.3. The van der Waals surface area contributed by atoms with Crippen LogP contribution in [0.15, 0.2) is 0 Å². The van der Waals surface area contributed by atoms with Gasteiger partial charge in [0.1, 0.15) is 18.1 Å². The first-order chi connectivity index (χ1) is 11.4. The quantitative estimate of drug-likeness (QED) is 0.401. The number of carbonyl (C=O) groups excluding carboxylic acids is 3. The molecule has 3 atom stereocenters. The summed E-state index contributed by atoms with van der Waals surface area (Å²) in [5.41, 5.74) is 0. The largest absolute Gasteiger partial charge is 0.468 e. The van der Waals surface area contributed by atoms with E-state index in [1.807, 2.05) is 0 Å². The van der Waals surface area contributed by atoms with Gasteiger partial charge in [-0.1, -0.05) is 50.9 Å². The lowest BCUT2D eigenvalue weighted by Crippen LogP contribution is -2.60. The summed E-state index contributed by atoms with van der Waals surface area (Å²) in [6.45, 7) is 7.04. The summed E-state index contributed by atoms with van der Waals surface area (Å²) >= 11 is 15.1. The molecule has 0 rings (SSSR count). The molecule has 146 valence electrons. The summed E-state index contributed by atoms with van der Waals surface area (Å²) in [4.78, 5) is 36.4. The summed E-state index contributed by atoms with van der Waals surface area (Å²) < 4.78 is 7.70. The van der Waals surface area contributed by atoms with Crippen LogP contribution in [0.1, 0.15) is 27.7 Å². The van der Waals surface area contributed by atoms with Gasteiger partial charge in [0.25, 0.3) is 0 Å². The van der Waals surface area contributed by atoms with Gasteiger partial charge in [-0.25, -0.2) is 4.79 Å². The highest BCUT2D eigenvalue weighted by Gasteiger charge is 2.42. The van der Waals surface area contributed by atoms with Gasteiger partial charge in [0.2, 0.25) is 5.91 Å². The predicted molar refractivity (Wildman–Crippen MR) is 99.7 cm³/mol. The molecule has 1 amide bonds. The van der Waals surface area contributed by atoms with Crippen molar-refractivity contribution in [2.45, 2.75) is 49.1 Å². The van der Waals surface area contributed by atoms with E-state index in [1.54, 1.807) is 27.7 Å². The van der Waals surface area contributed by atoms with Crippen molar-refractivity contribution in [2.75, 3.05) is 14.2 Å². The lowest BCUT2D eigenvalue weighted by atomic mass is 10.0. The summed E-state index contributed by atoms with van der Waals surface area (Å²) in [6, 6.07) is -2.96. The van der Waals surface area contributed by atoms with E-state index >= 15 is 0 Å². The highest BCUT2D eigenvalue weighted by atomic mass is 79.9. The van der Waals surface area contributed by atoms with Crippen molar-refractivity contribution in [3.8, 4) is 0 Å². The number of methoxy groups -OCH3 is 2. The van der Waals surface area contributed by atoms with Gasteiger partial charge in [0, 0.05) is 0 Å². The first-order valence-corrected chi connectivity index (χ1v) is 9.20. The Hall–Kier alpha value is -0.570. The first kappa shape index (κ1) is 24.4. The summed E-state index contributed by atoms with van der Waals surface area (Å²) in [6.07, 6.45) is 0. The maximum Gasteiger partial charge on any atom is 0.328 e. The second-order valence-electron chi connectivity index (χ2n) is 6.14. The molecular weight excluding hydrogens is 439 g/mol. The van der Waals surface area contributed by atoms with Gasteiger partial charge in [-0.15, -0.1) is 0 Å². The maximum atomic E-state index is 12.7. The third kappa shape index (κ3) is 7.68. The SMILES string of the molecule is COC(=O)C(NC(=O)C(NC(C(=O)OC)C(C)C)C(Cl)(Cl)Br)C(C)C. The number of hydrogen-bond donors (Lipinski definition) is 2. The van der Waals surface area contributed by atoms with E-state index in [9.17, 15) is 14.4 Å². The molecule has 0 aromatic heterocycles. The number of hydrogen-bond acceptors (Lipinski definition) is 6. The van der Waals surface area contributed by atoms with E-state index < -0.39 is 39.2 Å². The molecule has 0 radical (unpaired) electrons. The maximum absolute atomic E-state index is 12.7. The van der Waals surface area contributed by atoms with Crippen molar-refractivity contribution in [1.29, 1.82) is 0 Å². The Morgan fingerprint density at radius 3 is 1.64 bits per heavy atom. The van der Waals surface area contributed by atoms with Crippen molar-refractivity contribution < 1.29 is 23.9 Å². The third-order valence-corrected chi connectivity index (χ3v) is 4.37. The van der Waals surface area contributed by atoms with Crippen LogP contribution in [0.3, 0.4) is 0 Å². The first-order valence-electron chi connectivity index (χ1n) is 7.65. The molecule has 0 heterocycles. The normalized spacial score (nSPS) is 15.5. The van der Waals surface area contributed by atoms with Gasteiger partial charge >= 0.3 is 11.9 Å². The molecule has 7 nitrogen and oxygen atoms in total. The van der Waals surface area contributed by atoms with Crippen LogP contribution < -0.4 is 10.6 Å². The minimum Gasteiger partial charge on any atom is -0.468 e. The number of ether oxygens (including phenoxy) is 2.